The molecule has 0 bridgehead atoms. The maximum absolute atomic E-state index is 14.3. The number of para-hydroxylation sites is 1. The normalized spacial score (nSPS) is 14.8. The molecule has 1 aliphatic heterocycles. The van der Waals surface area contributed by atoms with Gasteiger partial charge in [0, 0.05) is 3.57 Å². The molecule has 0 aromatic heterocycles. The van der Waals surface area contributed by atoms with Gasteiger partial charge in [0.15, 0.2) is 16.6 Å². The molecular weight excluding hydrogens is 606 g/mol. The first-order chi connectivity index (χ1) is 16.8. The van der Waals surface area contributed by atoms with E-state index in [0.717, 1.165) is 14.0 Å². The molecule has 4 rings (SSSR count). The topological polar surface area (TPSA) is 67.9 Å². The van der Waals surface area contributed by atoms with Crippen molar-refractivity contribution in [2.24, 2.45) is 0 Å². The maximum atomic E-state index is 14.3. The van der Waals surface area contributed by atoms with Crippen molar-refractivity contribution in [1.29, 1.82) is 0 Å². The Balaban J connectivity index is 1.64. The van der Waals surface area contributed by atoms with Crippen LogP contribution in [0, 0.1) is 9.39 Å². The molecule has 1 fully saturated rings. The van der Waals surface area contributed by atoms with Crippen LogP contribution in [0.2, 0.25) is 5.02 Å². The van der Waals surface area contributed by atoms with E-state index in [1.807, 2.05) is 24.3 Å². The summed E-state index contributed by atoms with van der Waals surface area (Å²) in [6.45, 7) is 0.267. The lowest BCUT2D eigenvalue weighted by atomic mass is 10.1. The van der Waals surface area contributed by atoms with Gasteiger partial charge in [0.25, 0.3) is 11.8 Å². The Morgan fingerprint density at radius 2 is 1.86 bits per heavy atom. The summed E-state index contributed by atoms with van der Waals surface area (Å²) in [5.41, 5.74) is 1.05. The number of hydrogen-bond acceptors (Lipinski definition) is 5. The monoisotopic (exact) mass is 622 g/mol. The molecule has 0 aliphatic carbocycles. The minimum Gasteiger partial charge on any atom is -0.493 e. The minimum absolute atomic E-state index is 0.0663. The molecule has 6 nitrogen and oxygen atoms in total. The number of thiocarbonyl (C=S) groups is 1. The predicted molar refractivity (Wildman–Crippen MR) is 144 cm³/mol. The van der Waals surface area contributed by atoms with Crippen molar-refractivity contribution >= 4 is 75.1 Å². The number of ether oxygens (including phenoxy) is 2. The molecule has 0 unspecified atom stereocenters. The highest BCUT2D eigenvalue weighted by atomic mass is 127. The Morgan fingerprint density at radius 3 is 2.54 bits per heavy atom. The van der Waals surface area contributed by atoms with Crippen LogP contribution < -0.4 is 19.7 Å². The molecule has 1 saturated heterocycles. The van der Waals surface area contributed by atoms with Gasteiger partial charge < -0.3 is 9.47 Å². The van der Waals surface area contributed by atoms with Crippen LogP contribution in [0.3, 0.4) is 0 Å². The molecule has 2 amide bonds. The molecule has 3 aromatic carbocycles. The van der Waals surface area contributed by atoms with Gasteiger partial charge in [-0.25, -0.2) is 9.29 Å². The fourth-order valence-electron chi connectivity index (χ4n) is 3.38. The van der Waals surface area contributed by atoms with E-state index in [0.29, 0.717) is 17.1 Å². The largest absolute Gasteiger partial charge is 0.493 e. The number of carbonyl (C=O) groups is 2. The van der Waals surface area contributed by atoms with E-state index in [1.165, 1.54) is 31.4 Å². The summed E-state index contributed by atoms with van der Waals surface area (Å²) in [7, 11) is 1.46. The smallest absolute Gasteiger partial charge is 0.270 e. The van der Waals surface area contributed by atoms with Gasteiger partial charge in [0.1, 0.15) is 18.0 Å². The second kappa shape index (κ2) is 10.7. The number of carbonyl (C=O) groups excluding carboxylic acids is 2. The van der Waals surface area contributed by atoms with Gasteiger partial charge in [-0.2, -0.15) is 0 Å². The second-order valence-corrected chi connectivity index (χ2v) is 9.40. The average Bonchev–Trinajstić information content (AvgIpc) is 2.83. The third kappa shape index (κ3) is 5.47. The van der Waals surface area contributed by atoms with Crippen LogP contribution in [-0.4, -0.2) is 24.0 Å². The Labute approximate surface area is 224 Å². The summed E-state index contributed by atoms with van der Waals surface area (Å²) in [4.78, 5) is 26.7. The van der Waals surface area contributed by atoms with E-state index < -0.39 is 17.6 Å². The third-order valence-electron chi connectivity index (χ3n) is 5.05. The number of amides is 2. The molecule has 1 heterocycles. The van der Waals surface area contributed by atoms with Crippen molar-refractivity contribution in [3.05, 3.63) is 91.8 Å². The zero-order valence-corrected chi connectivity index (χ0v) is 21.9. The zero-order valence-electron chi connectivity index (χ0n) is 18.2. The van der Waals surface area contributed by atoms with Gasteiger partial charge in [-0.1, -0.05) is 35.9 Å². The number of hydrogen-bond donors (Lipinski definition) is 1. The number of nitrogens with zero attached hydrogens (tertiary/aromatic N) is 1. The third-order valence-corrected chi connectivity index (χ3v) is 6.34. The summed E-state index contributed by atoms with van der Waals surface area (Å²) in [6, 6.07) is 16.6. The molecular formula is C25H17ClFIN2O4S. The van der Waals surface area contributed by atoms with Gasteiger partial charge >= 0.3 is 0 Å². The average molecular weight is 623 g/mol. The Morgan fingerprint density at radius 1 is 1.14 bits per heavy atom. The highest BCUT2D eigenvalue weighted by Gasteiger charge is 2.35. The lowest BCUT2D eigenvalue weighted by molar-refractivity contribution is -0.122. The van der Waals surface area contributed by atoms with Crippen LogP contribution in [0.15, 0.2) is 66.2 Å². The van der Waals surface area contributed by atoms with Crippen LogP contribution in [0.4, 0.5) is 10.1 Å². The SMILES string of the molecule is COc1cc(/C=C2\C(=O)NC(=S)N(c3ccccc3F)C2=O)cc(Cl)c1OCc1ccc(I)cc1. The molecule has 1 aliphatic rings. The summed E-state index contributed by atoms with van der Waals surface area (Å²) in [6.07, 6.45) is 1.34. The first-order valence-corrected chi connectivity index (χ1v) is 12.1. The maximum Gasteiger partial charge on any atom is 0.270 e. The van der Waals surface area contributed by atoms with Crippen molar-refractivity contribution in [2.75, 3.05) is 12.0 Å². The van der Waals surface area contributed by atoms with Crippen LogP contribution >= 0.6 is 46.4 Å². The summed E-state index contributed by atoms with van der Waals surface area (Å²) in [5.74, 6) is -1.49. The molecule has 0 saturated carbocycles. The van der Waals surface area contributed by atoms with Gasteiger partial charge in [-0.05, 0) is 88.4 Å². The number of rotatable bonds is 6. The van der Waals surface area contributed by atoms with Gasteiger partial charge in [0.05, 0.1) is 17.8 Å². The van der Waals surface area contributed by atoms with E-state index in [2.05, 4.69) is 27.9 Å². The summed E-state index contributed by atoms with van der Waals surface area (Å²) < 4.78 is 26.8. The lowest BCUT2D eigenvalue weighted by Crippen LogP contribution is -2.54. The minimum atomic E-state index is -0.766. The zero-order chi connectivity index (χ0) is 25.1. The molecule has 0 spiro atoms. The molecule has 35 heavy (non-hydrogen) atoms. The van der Waals surface area contributed by atoms with E-state index >= 15 is 0 Å². The van der Waals surface area contributed by atoms with E-state index in [-0.39, 0.29) is 28.0 Å². The first kappa shape index (κ1) is 25.1. The first-order valence-electron chi connectivity index (χ1n) is 10.2. The number of benzene rings is 3. The number of methoxy groups -OCH3 is 1. The number of anilines is 1. The van der Waals surface area contributed by atoms with Crippen molar-refractivity contribution in [1.82, 2.24) is 5.32 Å². The summed E-state index contributed by atoms with van der Waals surface area (Å²) >= 11 is 13.8. The Kier molecular flexibility index (Phi) is 7.68. The fourth-order valence-corrected chi connectivity index (χ4v) is 4.28. The highest BCUT2D eigenvalue weighted by Crippen LogP contribution is 2.38. The molecule has 178 valence electrons. The van der Waals surface area contributed by atoms with Gasteiger partial charge in [-0.3, -0.25) is 14.9 Å². The standard InChI is InChI=1S/C25H17ClFIN2O4S/c1-33-21-12-15(11-18(26)22(21)34-13-14-6-8-16(28)9-7-14)10-17-23(31)29-25(35)30(24(17)32)20-5-3-2-4-19(20)27/h2-12H,13H2,1H3,(H,29,31,35)/b17-10+. The Bertz CT molecular complexity index is 1360. The van der Waals surface area contributed by atoms with Crippen LogP contribution in [-0.2, 0) is 16.2 Å². The van der Waals surface area contributed by atoms with Gasteiger partial charge in [0.2, 0.25) is 0 Å². The molecule has 0 atom stereocenters. The quantitative estimate of drug-likeness (QED) is 0.170. The van der Waals surface area contributed by atoms with E-state index in [9.17, 15) is 14.0 Å². The molecule has 3 aromatic rings. The van der Waals surface area contributed by atoms with Crippen molar-refractivity contribution in [3.8, 4) is 11.5 Å². The van der Waals surface area contributed by atoms with Gasteiger partial charge in [-0.15, -0.1) is 0 Å². The molecule has 0 radical (unpaired) electrons. The van der Waals surface area contributed by atoms with Crippen LogP contribution in [0.25, 0.3) is 6.08 Å². The van der Waals surface area contributed by atoms with Crippen LogP contribution in [0.5, 0.6) is 11.5 Å². The van der Waals surface area contributed by atoms with Crippen molar-refractivity contribution < 1.29 is 23.5 Å². The highest BCUT2D eigenvalue weighted by molar-refractivity contribution is 14.1. The van der Waals surface area contributed by atoms with E-state index in [4.69, 9.17) is 33.3 Å². The second-order valence-electron chi connectivity index (χ2n) is 7.36. The number of nitrogens with one attached hydrogen (secondary N) is 1. The molecule has 10 heteroatoms. The predicted octanol–water partition coefficient (Wildman–Crippen LogP) is 5.50. The Hall–Kier alpha value is -3.02. The fraction of sp³-hybridized carbons (Fsp3) is 0.0800. The lowest BCUT2D eigenvalue weighted by Gasteiger charge is -2.29. The van der Waals surface area contributed by atoms with Crippen molar-refractivity contribution in [3.63, 3.8) is 0 Å². The molecule has 1 N–H and O–H groups in total. The number of halogens is 3. The van der Waals surface area contributed by atoms with Crippen LogP contribution in [0.1, 0.15) is 11.1 Å². The van der Waals surface area contributed by atoms with Crippen molar-refractivity contribution in [2.45, 2.75) is 6.61 Å². The summed E-state index contributed by atoms with van der Waals surface area (Å²) in [5, 5.41) is 2.44. The van der Waals surface area contributed by atoms with E-state index in [1.54, 1.807) is 18.2 Å².